The van der Waals surface area contributed by atoms with Crippen LogP contribution in [0.3, 0.4) is 0 Å². The van der Waals surface area contributed by atoms with E-state index in [0.29, 0.717) is 16.9 Å². The number of carbonyl (C=O) groups excluding carboxylic acids is 1. The first-order valence-electron chi connectivity index (χ1n) is 7.94. The first kappa shape index (κ1) is 20.4. The minimum Gasteiger partial charge on any atom is -0.459 e. The summed E-state index contributed by atoms with van der Waals surface area (Å²) in [5, 5.41) is 4.15. The van der Waals surface area contributed by atoms with E-state index in [2.05, 4.69) is 37.9 Å². The van der Waals surface area contributed by atoms with Crippen LogP contribution in [-0.2, 0) is 4.74 Å². The Kier molecular flexibility index (Phi) is 6.77. The standard InChI is InChI=1S/C19H18IN3O2.ClH/c1-11(2)25-19(24)14-10-21-18-13(9-8-12(3)22-18)17(14)23-16-7-5-4-6-15(16)20;/h4-11H,1-3H3,(H,21,22,23);1H. The number of anilines is 2. The maximum atomic E-state index is 12.5. The number of hydrogen-bond acceptors (Lipinski definition) is 5. The van der Waals surface area contributed by atoms with Crippen LogP contribution in [0.4, 0.5) is 11.4 Å². The third kappa shape index (κ3) is 4.42. The Morgan fingerprint density at radius 2 is 1.92 bits per heavy atom. The molecule has 1 N–H and O–H groups in total. The zero-order valence-electron chi connectivity index (χ0n) is 14.6. The van der Waals surface area contributed by atoms with Crippen molar-refractivity contribution >= 4 is 63.4 Å². The van der Waals surface area contributed by atoms with Gasteiger partial charge in [0, 0.05) is 20.8 Å². The fourth-order valence-electron chi connectivity index (χ4n) is 2.44. The van der Waals surface area contributed by atoms with Crippen LogP contribution in [-0.4, -0.2) is 22.0 Å². The summed E-state index contributed by atoms with van der Waals surface area (Å²) in [5.41, 5.74) is 3.43. The van der Waals surface area contributed by atoms with E-state index in [1.54, 1.807) is 0 Å². The van der Waals surface area contributed by atoms with Gasteiger partial charge in [-0.15, -0.1) is 12.4 Å². The molecule has 0 atom stereocenters. The predicted octanol–water partition coefficient (Wildman–Crippen LogP) is 5.27. The SMILES string of the molecule is Cc1ccc2c(Nc3ccccc3I)c(C(=O)OC(C)C)cnc2n1.Cl. The number of carbonyl (C=O) groups is 1. The Morgan fingerprint density at radius 3 is 2.62 bits per heavy atom. The van der Waals surface area contributed by atoms with Crippen molar-refractivity contribution in [1.82, 2.24) is 9.97 Å². The van der Waals surface area contributed by atoms with Crippen LogP contribution in [0, 0.1) is 10.5 Å². The molecule has 0 fully saturated rings. The second kappa shape index (κ2) is 8.64. The van der Waals surface area contributed by atoms with Crippen LogP contribution in [0.1, 0.15) is 29.9 Å². The average Bonchev–Trinajstić information content (AvgIpc) is 2.56. The van der Waals surface area contributed by atoms with E-state index in [-0.39, 0.29) is 18.5 Å². The number of rotatable bonds is 4. The fourth-order valence-corrected chi connectivity index (χ4v) is 2.96. The molecule has 2 heterocycles. The zero-order valence-corrected chi connectivity index (χ0v) is 17.6. The van der Waals surface area contributed by atoms with Crippen LogP contribution in [0.25, 0.3) is 11.0 Å². The lowest BCUT2D eigenvalue weighted by Crippen LogP contribution is -2.14. The number of nitrogens with one attached hydrogen (secondary N) is 1. The van der Waals surface area contributed by atoms with Crippen molar-refractivity contribution in [2.45, 2.75) is 26.9 Å². The first-order chi connectivity index (χ1) is 12.0. The molecular formula is C19H19ClIN3O2. The smallest absolute Gasteiger partial charge is 0.342 e. The van der Waals surface area contributed by atoms with Gasteiger partial charge in [-0.05, 0) is 67.6 Å². The molecule has 0 bridgehead atoms. The largest absolute Gasteiger partial charge is 0.459 e. The van der Waals surface area contributed by atoms with Crippen molar-refractivity contribution in [2.24, 2.45) is 0 Å². The van der Waals surface area contributed by atoms with Crippen molar-refractivity contribution in [2.75, 3.05) is 5.32 Å². The molecule has 3 rings (SSSR count). The molecule has 0 radical (unpaired) electrons. The van der Waals surface area contributed by atoms with E-state index in [0.717, 1.165) is 20.3 Å². The number of pyridine rings is 2. The van der Waals surface area contributed by atoms with Gasteiger partial charge in [-0.25, -0.2) is 14.8 Å². The molecule has 0 saturated carbocycles. The highest BCUT2D eigenvalue weighted by atomic mass is 127. The predicted molar refractivity (Wildman–Crippen MR) is 115 cm³/mol. The quantitative estimate of drug-likeness (QED) is 0.404. The summed E-state index contributed by atoms with van der Waals surface area (Å²) in [5.74, 6) is -0.404. The molecule has 0 aliphatic rings. The Morgan fingerprint density at radius 1 is 1.19 bits per heavy atom. The number of halogens is 2. The van der Waals surface area contributed by atoms with Gasteiger partial charge >= 0.3 is 5.97 Å². The second-order valence-electron chi connectivity index (χ2n) is 5.93. The number of fused-ring (bicyclic) bond motifs is 1. The van der Waals surface area contributed by atoms with E-state index >= 15 is 0 Å². The highest BCUT2D eigenvalue weighted by molar-refractivity contribution is 14.1. The number of aryl methyl sites for hydroxylation is 1. The normalized spacial score (nSPS) is 10.5. The second-order valence-corrected chi connectivity index (χ2v) is 7.09. The number of hydrogen-bond donors (Lipinski definition) is 1. The summed E-state index contributed by atoms with van der Waals surface area (Å²) in [4.78, 5) is 21.3. The van der Waals surface area contributed by atoms with Crippen LogP contribution >= 0.6 is 35.0 Å². The third-order valence-electron chi connectivity index (χ3n) is 3.57. The summed E-state index contributed by atoms with van der Waals surface area (Å²) in [6.45, 7) is 5.56. The van der Waals surface area contributed by atoms with Crippen LogP contribution < -0.4 is 5.32 Å². The lowest BCUT2D eigenvalue weighted by molar-refractivity contribution is 0.0379. The molecule has 2 aromatic heterocycles. The van der Waals surface area contributed by atoms with Gasteiger partial charge in [-0.2, -0.15) is 0 Å². The van der Waals surface area contributed by atoms with Crippen molar-refractivity contribution < 1.29 is 9.53 Å². The fraction of sp³-hybridized carbons (Fsp3) is 0.211. The van der Waals surface area contributed by atoms with E-state index in [4.69, 9.17) is 4.74 Å². The lowest BCUT2D eigenvalue weighted by atomic mass is 10.1. The number of aromatic nitrogens is 2. The minimum absolute atomic E-state index is 0. The maximum absolute atomic E-state index is 12.5. The van der Waals surface area contributed by atoms with Crippen molar-refractivity contribution in [3.05, 3.63) is 57.4 Å². The van der Waals surface area contributed by atoms with Gasteiger partial charge in [-0.3, -0.25) is 0 Å². The molecule has 136 valence electrons. The van der Waals surface area contributed by atoms with Gasteiger partial charge in [0.1, 0.15) is 5.56 Å². The molecular weight excluding hydrogens is 465 g/mol. The Bertz CT molecular complexity index is 947. The van der Waals surface area contributed by atoms with Gasteiger partial charge in [0.25, 0.3) is 0 Å². The number of ether oxygens (including phenoxy) is 1. The van der Waals surface area contributed by atoms with Crippen LogP contribution in [0.2, 0.25) is 0 Å². The van der Waals surface area contributed by atoms with E-state index in [1.807, 2.05) is 57.2 Å². The topological polar surface area (TPSA) is 64.1 Å². The highest BCUT2D eigenvalue weighted by Crippen LogP contribution is 2.31. The summed E-state index contributed by atoms with van der Waals surface area (Å²) in [6, 6.07) is 11.7. The maximum Gasteiger partial charge on any atom is 0.342 e. The van der Waals surface area contributed by atoms with Gasteiger partial charge in [0.15, 0.2) is 5.65 Å². The Hall–Kier alpha value is -1.93. The van der Waals surface area contributed by atoms with Crippen molar-refractivity contribution in [3.8, 4) is 0 Å². The summed E-state index contributed by atoms with van der Waals surface area (Å²) >= 11 is 2.26. The number of benzene rings is 1. The summed E-state index contributed by atoms with van der Waals surface area (Å²) in [7, 11) is 0. The first-order valence-corrected chi connectivity index (χ1v) is 9.02. The monoisotopic (exact) mass is 483 g/mol. The molecule has 0 aliphatic heterocycles. The molecule has 0 unspecified atom stereocenters. The minimum atomic E-state index is -0.404. The summed E-state index contributed by atoms with van der Waals surface area (Å²) in [6.07, 6.45) is 1.32. The highest BCUT2D eigenvalue weighted by Gasteiger charge is 2.19. The molecule has 1 aromatic carbocycles. The van der Waals surface area contributed by atoms with Gasteiger partial charge < -0.3 is 10.1 Å². The Labute approximate surface area is 172 Å². The number of nitrogens with zero attached hydrogens (tertiary/aromatic N) is 2. The molecule has 26 heavy (non-hydrogen) atoms. The average molecular weight is 484 g/mol. The third-order valence-corrected chi connectivity index (χ3v) is 4.51. The molecule has 0 amide bonds. The van der Waals surface area contributed by atoms with E-state index in [9.17, 15) is 4.79 Å². The molecule has 0 spiro atoms. The van der Waals surface area contributed by atoms with Gasteiger partial charge in [0.05, 0.1) is 17.5 Å². The van der Waals surface area contributed by atoms with Crippen LogP contribution in [0.5, 0.6) is 0 Å². The zero-order chi connectivity index (χ0) is 18.0. The summed E-state index contributed by atoms with van der Waals surface area (Å²) < 4.78 is 6.43. The lowest BCUT2D eigenvalue weighted by Gasteiger charge is -2.16. The molecule has 5 nitrogen and oxygen atoms in total. The molecule has 0 aliphatic carbocycles. The molecule has 7 heteroatoms. The van der Waals surface area contributed by atoms with Crippen molar-refractivity contribution in [3.63, 3.8) is 0 Å². The Balaban J connectivity index is 0.00000243. The van der Waals surface area contributed by atoms with Crippen molar-refractivity contribution in [1.29, 1.82) is 0 Å². The van der Waals surface area contributed by atoms with E-state index < -0.39 is 5.97 Å². The number of para-hydroxylation sites is 1. The number of esters is 1. The molecule has 3 aromatic rings. The van der Waals surface area contributed by atoms with Gasteiger partial charge in [-0.1, -0.05) is 12.1 Å². The van der Waals surface area contributed by atoms with Gasteiger partial charge in [0.2, 0.25) is 0 Å². The van der Waals surface area contributed by atoms with Crippen LogP contribution in [0.15, 0.2) is 42.6 Å². The molecule has 0 saturated heterocycles. The van der Waals surface area contributed by atoms with E-state index in [1.165, 1.54) is 6.20 Å².